The molecule has 5 nitrogen and oxygen atoms in total. The molecule has 2 heterocycles. The first kappa shape index (κ1) is 22.6. The van der Waals surface area contributed by atoms with Crippen LogP contribution < -0.4 is 0 Å². The van der Waals surface area contributed by atoms with Gasteiger partial charge in [-0.25, -0.2) is 12.7 Å². The summed E-state index contributed by atoms with van der Waals surface area (Å²) in [7, 11) is 0.323. The highest BCUT2D eigenvalue weighted by Crippen LogP contribution is 2.46. The Labute approximate surface area is 190 Å². The molecule has 1 fully saturated rings. The average Bonchev–Trinajstić information content (AvgIpc) is 2.78. The van der Waals surface area contributed by atoms with Gasteiger partial charge in [0.05, 0.1) is 4.90 Å². The van der Waals surface area contributed by atoms with Gasteiger partial charge in [-0.05, 0) is 54.4 Å². The quantitative estimate of drug-likeness (QED) is 0.562. The Morgan fingerprint density at radius 3 is 2.48 bits per heavy atom. The fourth-order valence-corrected chi connectivity index (χ4v) is 6.34. The monoisotopic (exact) mass is 457 g/mol. The minimum atomic E-state index is -3.48. The van der Waals surface area contributed by atoms with E-state index in [4.69, 9.17) is 0 Å². The van der Waals surface area contributed by atoms with Gasteiger partial charge in [0.25, 0.3) is 0 Å². The molecule has 0 spiro atoms. The van der Waals surface area contributed by atoms with E-state index in [2.05, 4.69) is 47.2 Å². The highest BCUT2D eigenvalue weighted by atomic mass is 32.2. The van der Waals surface area contributed by atoms with Gasteiger partial charge >= 0.3 is 0 Å². The summed E-state index contributed by atoms with van der Waals surface area (Å²) in [6.07, 6.45) is 3.25. The highest BCUT2D eigenvalue weighted by Gasteiger charge is 2.25. The van der Waals surface area contributed by atoms with E-state index in [-0.39, 0.29) is 0 Å². The predicted molar refractivity (Wildman–Crippen MR) is 128 cm³/mol. The van der Waals surface area contributed by atoms with Gasteiger partial charge < -0.3 is 9.80 Å². The van der Waals surface area contributed by atoms with Crippen LogP contribution in [0.15, 0.2) is 63.2 Å². The molecule has 0 unspecified atom stereocenters. The third-order valence-electron chi connectivity index (χ3n) is 6.18. The van der Waals surface area contributed by atoms with Crippen molar-refractivity contribution in [1.29, 1.82) is 0 Å². The molecule has 0 bridgehead atoms. The number of nitrogens with zero attached hydrogens (tertiary/aromatic N) is 3. The zero-order valence-corrected chi connectivity index (χ0v) is 20.2. The van der Waals surface area contributed by atoms with Crippen molar-refractivity contribution in [3.63, 3.8) is 0 Å². The van der Waals surface area contributed by atoms with Crippen molar-refractivity contribution in [3.8, 4) is 0 Å². The van der Waals surface area contributed by atoms with Crippen LogP contribution in [0, 0.1) is 0 Å². The number of piperazine rings is 1. The van der Waals surface area contributed by atoms with Gasteiger partial charge in [-0.15, -0.1) is 0 Å². The van der Waals surface area contributed by atoms with Gasteiger partial charge in [-0.3, -0.25) is 0 Å². The molecule has 0 saturated carbocycles. The van der Waals surface area contributed by atoms with Crippen molar-refractivity contribution >= 4 is 27.4 Å². The summed E-state index contributed by atoms with van der Waals surface area (Å²) < 4.78 is 27.3. The summed E-state index contributed by atoms with van der Waals surface area (Å²) in [6.45, 7) is 7.77. The van der Waals surface area contributed by atoms with Crippen LogP contribution in [0.3, 0.4) is 0 Å². The van der Waals surface area contributed by atoms with Gasteiger partial charge in [-0.2, -0.15) is 0 Å². The molecule has 31 heavy (non-hydrogen) atoms. The molecule has 0 amide bonds. The maximum absolute atomic E-state index is 12.9. The second-order valence-electron chi connectivity index (χ2n) is 8.23. The number of benzene rings is 2. The second-order valence-corrected chi connectivity index (χ2v) is 11.4. The van der Waals surface area contributed by atoms with E-state index < -0.39 is 10.0 Å². The molecular formula is C24H31N3O2S2. The molecule has 0 N–H and O–H groups in total. The predicted octanol–water partition coefficient (Wildman–Crippen LogP) is 3.86. The first-order valence-corrected chi connectivity index (χ1v) is 13.1. The van der Waals surface area contributed by atoms with Crippen LogP contribution in [0.25, 0.3) is 5.57 Å². The Morgan fingerprint density at radius 1 is 1.03 bits per heavy atom. The smallest absolute Gasteiger partial charge is 0.242 e. The van der Waals surface area contributed by atoms with E-state index in [1.807, 2.05) is 19.1 Å². The largest absolute Gasteiger partial charge is 0.304 e. The van der Waals surface area contributed by atoms with E-state index in [9.17, 15) is 8.42 Å². The molecule has 0 aromatic heterocycles. The Morgan fingerprint density at radius 2 is 1.74 bits per heavy atom. The summed E-state index contributed by atoms with van der Waals surface area (Å²) in [6, 6.07) is 14.0. The van der Waals surface area contributed by atoms with Crippen LogP contribution in [-0.2, 0) is 10.0 Å². The number of fused-ring (bicyclic) bond motifs is 2. The zero-order valence-electron chi connectivity index (χ0n) is 18.5. The van der Waals surface area contributed by atoms with Gasteiger partial charge in [0.1, 0.15) is 0 Å². The first-order chi connectivity index (χ1) is 14.9. The molecule has 166 valence electrons. The minimum Gasteiger partial charge on any atom is -0.304 e. The molecule has 0 atom stereocenters. The third-order valence-corrected chi connectivity index (χ3v) is 9.26. The maximum atomic E-state index is 12.9. The lowest BCUT2D eigenvalue weighted by Crippen LogP contribution is -2.44. The van der Waals surface area contributed by atoms with E-state index in [0.717, 1.165) is 55.2 Å². The summed E-state index contributed by atoms with van der Waals surface area (Å²) in [5, 5.41) is 0. The van der Waals surface area contributed by atoms with Crippen molar-refractivity contribution < 1.29 is 8.42 Å². The average molecular weight is 458 g/mol. The highest BCUT2D eigenvalue weighted by molar-refractivity contribution is 7.99. The summed E-state index contributed by atoms with van der Waals surface area (Å²) in [5.41, 5.74) is 3.36. The lowest BCUT2D eigenvalue weighted by atomic mass is 9.96. The van der Waals surface area contributed by atoms with Crippen LogP contribution in [0.4, 0.5) is 0 Å². The SMILES string of the molecule is CCN(C)S(=O)(=O)c1ccc2c(c1)C(=CCCN1CCN(C)CC1)c1ccccc1S2. The van der Waals surface area contributed by atoms with E-state index in [1.54, 1.807) is 24.9 Å². The Bertz CT molecular complexity index is 1070. The minimum absolute atomic E-state index is 0.362. The van der Waals surface area contributed by atoms with Crippen molar-refractivity contribution in [2.45, 2.75) is 28.0 Å². The molecular weight excluding hydrogens is 426 g/mol. The molecule has 2 aromatic rings. The summed E-state index contributed by atoms with van der Waals surface area (Å²) in [4.78, 5) is 7.58. The molecule has 0 radical (unpaired) electrons. The van der Waals surface area contributed by atoms with Gasteiger partial charge in [-0.1, -0.05) is 43.0 Å². The third kappa shape index (κ3) is 4.76. The maximum Gasteiger partial charge on any atom is 0.242 e. The zero-order chi connectivity index (χ0) is 22.0. The van der Waals surface area contributed by atoms with Gasteiger partial charge in [0.2, 0.25) is 10.0 Å². The van der Waals surface area contributed by atoms with E-state index >= 15 is 0 Å². The normalized spacial score (nSPS) is 18.9. The first-order valence-electron chi connectivity index (χ1n) is 10.9. The van der Waals surface area contributed by atoms with Crippen LogP contribution in [0.2, 0.25) is 0 Å². The number of sulfonamides is 1. The molecule has 7 heteroatoms. The van der Waals surface area contributed by atoms with E-state index in [1.165, 1.54) is 14.8 Å². The summed E-state index contributed by atoms with van der Waals surface area (Å²) >= 11 is 1.72. The van der Waals surface area contributed by atoms with Crippen molar-refractivity contribution in [2.75, 3.05) is 53.4 Å². The molecule has 0 aliphatic carbocycles. The lowest BCUT2D eigenvalue weighted by molar-refractivity contribution is 0.156. The van der Waals surface area contributed by atoms with Crippen LogP contribution in [0.1, 0.15) is 24.5 Å². The standard InChI is InChI=1S/C24H31N3O2S2/c1-4-26(3)31(28,29)19-11-12-24-22(18-19)20(21-8-5-6-10-23(21)30-24)9-7-13-27-16-14-25(2)15-17-27/h5-6,8-12,18H,4,7,13-17H2,1-3H3. The molecule has 1 saturated heterocycles. The molecule has 2 aliphatic rings. The van der Waals surface area contributed by atoms with Crippen LogP contribution >= 0.6 is 11.8 Å². The number of likely N-dealkylation sites (N-methyl/N-ethyl adjacent to an activating group) is 1. The molecule has 2 aliphatic heterocycles. The van der Waals surface area contributed by atoms with Crippen molar-refractivity contribution in [3.05, 3.63) is 59.7 Å². The topological polar surface area (TPSA) is 43.9 Å². The summed E-state index contributed by atoms with van der Waals surface area (Å²) in [5.74, 6) is 0. The number of hydrogen-bond acceptors (Lipinski definition) is 5. The van der Waals surface area contributed by atoms with Gasteiger partial charge in [0, 0.05) is 56.1 Å². The van der Waals surface area contributed by atoms with Crippen molar-refractivity contribution in [2.24, 2.45) is 0 Å². The Balaban J connectivity index is 1.67. The number of rotatable bonds is 6. The fraction of sp³-hybridized carbons (Fsp3) is 0.417. The van der Waals surface area contributed by atoms with Gasteiger partial charge in [0.15, 0.2) is 0 Å². The van der Waals surface area contributed by atoms with E-state index in [0.29, 0.717) is 11.4 Å². The fourth-order valence-electron chi connectivity index (χ4n) is 4.04. The number of hydrogen-bond donors (Lipinski definition) is 0. The Hall–Kier alpha value is -1.64. The molecule has 2 aromatic carbocycles. The van der Waals surface area contributed by atoms with Crippen LogP contribution in [-0.4, -0.2) is 75.9 Å². The lowest BCUT2D eigenvalue weighted by Gasteiger charge is -2.32. The second kappa shape index (κ2) is 9.46. The Kier molecular flexibility index (Phi) is 6.89. The van der Waals surface area contributed by atoms with Crippen molar-refractivity contribution in [1.82, 2.24) is 14.1 Å². The van der Waals surface area contributed by atoms with Crippen LogP contribution in [0.5, 0.6) is 0 Å². The molecule has 4 rings (SSSR count).